The predicted octanol–water partition coefficient (Wildman–Crippen LogP) is 2.59. The van der Waals surface area contributed by atoms with Crippen LogP contribution in [0.5, 0.6) is 17.2 Å². The van der Waals surface area contributed by atoms with Crippen LogP contribution in [0.4, 0.5) is 0 Å². The van der Waals surface area contributed by atoms with Crippen molar-refractivity contribution in [3.05, 3.63) is 77.9 Å². The number of benzene rings is 2. The van der Waals surface area contributed by atoms with Crippen molar-refractivity contribution in [2.75, 3.05) is 26.9 Å². The fourth-order valence-electron chi connectivity index (χ4n) is 4.50. The number of aromatic amines is 1. The molecule has 180 valence electrons. The molecule has 1 fully saturated rings. The van der Waals surface area contributed by atoms with Crippen LogP contribution >= 0.6 is 0 Å². The minimum atomic E-state index is -0.755. The summed E-state index contributed by atoms with van der Waals surface area (Å²) in [5.74, 6) is 0.0253. The van der Waals surface area contributed by atoms with Crippen LogP contribution < -0.4 is 18.8 Å². The Morgan fingerprint density at radius 1 is 1.17 bits per heavy atom. The lowest BCUT2D eigenvalue weighted by molar-refractivity contribution is -0.695. The van der Waals surface area contributed by atoms with E-state index >= 15 is 0 Å². The molecule has 0 aliphatic carbocycles. The molecule has 3 heterocycles. The molecule has 0 bridgehead atoms. The normalized spacial score (nSPS) is 18.7. The molecular weight excluding hydrogens is 450 g/mol. The Morgan fingerprint density at radius 2 is 2.00 bits per heavy atom. The fourth-order valence-corrected chi connectivity index (χ4v) is 4.50. The lowest BCUT2D eigenvalue weighted by Gasteiger charge is -2.25. The highest BCUT2D eigenvalue weighted by Crippen LogP contribution is 2.41. The topological polar surface area (TPSA) is 105 Å². The van der Waals surface area contributed by atoms with E-state index in [1.807, 2.05) is 29.4 Å². The van der Waals surface area contributed by atoms with Crippen LogP contribution in [0.2, 0.25) is 0 Å². The number of carbonyl (C=O) groups excluding carboxylic acids is 2. The average Bonchev–Trinajstić information content (AvgIpc) is 3.50. The van der Waals surface area contributed by atoms with Crippen LogP contribution in [0.3, 0.4) is 0 Å². The first-order valence-electron chi connectivity index (χ1n) is 11.4. The SMILES string of the molecule is COc1cccc(C2/C(=C(\O)c3ccc4c(c3)OCCO4)C(=O)C(=O)N2CCC[n+]2cc[nH]c2)c1. The summed E-state index contributed by atoms with van der Waals surface area (Å²) in [6, 6.07) is 11.4. The van der Waals surface area contributed by atoms with E-state index in [4.69, 9.17) is 14.2 Å². The molecule has 2 N–H and O–H groups in total. The molecule has 2 aliphatic rings. The van der Waals surface area contributed by atoms with E-state index in [1.54, 1.807) is 43.5 Å². The molecule has 1 unspecified atom stereocenters. The molecule has 2 aromatic carbocycles. The number of ketones is 1. The van der Waals surface area contributed by atoms with E-state index in [9.17, 15) is 14.7 Å². The number of amides is 1. The predicted molar refractivity (Wildman–Crippen MR) is 125 cm³/mol. The number of aliphatic hydroxyl groups excluding tert-OH is 1. The Labute approximate surface area is 202 Å². The highest BCUT2D eigenvalue weighted by atomic mass is 16.6. The number of nitrogens with one attached hydrogen (secondary N) is 1. The number of H-pyrrole nitrogens is 1. The summed E-state index contributed by atoms with van der Waals surface area (Å²) in [5.41, 5.74) is 1.09. The van der Waals surface area contributed by atoms with Gasteiger partial charge >= 0.3 is 0 Å². The molecular formula is C26H26N3O6+. The first-order chi connectivity index (χ1) is 17.1. The van der Waals surface area contributed by atoms with Crippen LogP contribution in [0.25, 0.3) is 5.76 Å². The summed E-state index contributed by atoms with van der Waals surface area (Å²) in [6.45, 7) is 1.84. The van der Waals surface area contributed by atoms with Gasteiger partial charge in [-0.3, -0.25) is 14.6 Å². The minimum absolute atomic E-state index is 0.0363. The zero-order valence-corrected chi connectivity index (χ0v) is 19.3. The molecule has 0 radical (unpaired) electrons. The van der Waals surface area contributed by atoms with Crippen molar-refractivity contribution in [2.45, 2.75) is 19.0 Å². The Bertz CT molecular complexity index is 1280. The van der Waals surface area contributed by atoms with E-state index in [2.05, 4.69) is 4.98 Å². The van der Waals surface area contributed by atoms with Crippen molar-refractivity contribution in [1.82, 2.24) is 9.88 Å². The monoisotopic (exact) mass is 476 g/mol. The Morgan fingerprint density at radius 3 is 2.77 bits per heavy atom. The quantitative estimate of drug-likeness (QED) is 0.235. The van der Waals surface area contributed by atoms with Crippen LogP contribution in [-0.2, 0) is 16.1 Å². The van der Waals surface area contributed by atoms with Gasteiger partial charge in [0.2, 0.25) is 6.33 Å². The molecule has 9 nitrogen and oxygen atoms in total. The van der Waals surface area contributed by atoms with Gasteiger partial charge in [0.15, 0.2) is 11.5 Å². The smallest absolute Gasteiger partial charge is 0.295 e. The molecule has 9 heteroatoms. The highest BCUT2D eigenvalue weighted by molar-refractivity contribution is 6.46. The maximum atomic E-state index is 13.2. The van der Waals surface area contributed by atoms with Gasteiger partial charge in [-0.25, -0.2) is 4.57 Å². The van der Waals surface area contributed by atoms with Gasteiger partial charge in [-0.1, -0.05) is 12.1 Å². The zero-order chi connectivity index (χ0) is 24.4. The van der Waals surface area contributed by atoms with E-state index in [0.29, 0.717) is 61.1 Å². The summed E-state index contributed by atoms with van der Waals surface area (Å²) in [4.78, 5) is 30.9. The first-order valence-corrected chi connectivity index (χ1v) is 11.4. The van der Waals surface area contributed by atoms with Gasteiger partial charge in [0.05, 0.1) is 25.3 Å². The minimum Gasteiger partial charge on any atom is -0.507 e. The van der Waals surface area contributed by atoms with Crippen LogP contribution in [0, 0.1) is 0 Å². The second-order valence-corrected chi connectivity index (χ2v) is 8.33. The maximum Gasteiger partial charge on any atom is 0.295 e. The first kappa shape index (κ1) is 22.5. The van der Waals surface area contributed by atoms with Crippen LogP contribution in [-0.4, -0.2) is 53.5 Å². The molecule has 1 amide bonds. The summed E-state index contributed by atoms with van der Waals surface area (Å²) in [5, 5.41) is 11.3. The van der Waals surface area contributed by atoms with E-state index < -0.39 is 17.7 Å². The van der Waals surface area contributed by atoms with Gasteiger partial charge in [-0.15, -0.1) is 0 Å². The standard InChI is InChI=1S/C26H25N3O6/c1-33-19-5-2-4-17(14-19)23-22(24(30)18-6-7-20-21(15-18)35-13-12-34-20)25(31)26(32)29(23)10-3-9-28-11-8-27-16-28/h2,4-8,11,14-16,23H,3,9-10,12-13H2,1H3,(H,30,31)/p+1. The summed E-state index contributed by atoms with van der Waals surface area (Å²) >= 11 is 0. The molecule has 35 heavy (non-hydrogen) atoms. The third-order valence-corrected chi connectivity index (χ3v) is 6.18. The van der Waals surface area contributed by atoms with Gasteiger partial charge in [-0.2, -0.15) is 0 Å². The Hall–Kier alpha value is -4.27. The van der Waals surface area contributed by atoms with Crippen LogP contribution in [0.1, 0.15) is 23.6 Å². The van der Waals surface area contributed by atoms with E-state index in [0.717, 1.165) is 0 Å². The van der Waals surface area contributed by atoms with Crippen LogP contribution in [0.15, 0.2) is 66.8 Å². The number of methoxy groups -OCH3 is 1. The molecule has 3 aromatic rings. The number of likely N-dealkylation sites (tertiary alicyclic amines) is 1. The van der Waals surface area contributed by atoms with Crippen molar-refractivity contribution >= 4 is 17.4 Å². The number of fused-ring (bicyclic) bond motifs is 1. The maximum absolute atomic E-state index is 13.2. The van der Waals surface area contributed by atoms with Crippen molar-refractivity contribution in [1.29, 1.82) is 0 Å². The largest absolute Gasteiger partial charge is 0.507 e. The molecule has 2 aliphatic heterocycles. The lowest BCUT2D eigenvalue weighted by atomic mass is 9.95. The summed E-state index contributed by atoms with van der Waals surface area (Å²) < 4.78 is 18.5. The highest BCUT2D eigenvalue weighted by Gasteiger charge is 2.46. The van der Waals surface area contributed by atoms with Crippen molar-refractivity contribution in [3.8, 4) is 17.2 Å². The molecule has 5 rings (SSSR count). The Balaban J connectivity index is 1.54. The number of ether oxygens (including phenoxy) is 3. The Kier molecular flexibility index (Phi) is 6.13. The molecule has 1 aromatic heterocycles. The number of hydrogen-bond donors (Lipinski definition) is 2. The zero-order valence-electron chi connectivity index (χ0n) is 19.3. The molecule has 1 saturated heterocycles. The van der Waals surface area contributed by atoms with Gasteiger partial charge < -0.3 is 24.2 Å². The number of nitrogens with zero attached hydrogens (tertiary/aromatic N) is 2. The third-order valence-electron chi connectivity index (χ3n) is 6.18. The number of aromatic nitrogens is 2. The van der Waals surface area contributed by atoms with Crippen molar-refractivity contribution in [2.24, 2.45) is 0 Å². The van der Waals surface area contributed by atoms with Gasteiger partial charge in [-0.05, 0) is 35.9 Å². The van der Waals surface area contributed by atoms with E-state index in [-0.39, 0.29) is 11.3 Å². The number of aliphatic hydroxyl groups is 1. The van der Waals surface area contributed by atoms with Crippen molar-refractivity contribution < 1.29 is 33.5 Å². The van der Waals surface area contributed by atoms with Crippen molar-refractivity contribution in [3.63, 3.8) is 0 Å². The number of rotatable bonds is 7. The summed E-state index contributed by atoms with van der Waals surface area (Å²) in [7, 11) is 1.55. The number of carbonyl (C=O) groups is 2. The number of aryl methyl sites for hydroxylation is 1. The number of hydrogen-bond acceptors (Lipinski definition) is 6. The third kappa shape index (κ3) is 4.32. The molecule has 0 saturated carbocycles. The average molecular weight is 477 g/mol. The van der Waals surface area contributed by atoms with Gasteiger partial charge in [0, 0.05) is 18.5 Å². The van der Waals surface area contributed by atoms with Gasteiger partial charge in [0.1, 0.15) is 37.1 Å². The van der Waals surface area contributed by atoms with E-state index in [1.165, 1.54) is 4.90 Å². The number of imidazole rings is 1. The molecule has 1 atom stereocenters. The lowest BCUT2D eigenvalue weighted by Crippen LogP contribution is -2.36. The second kappa shape index (κ2) is 9.54. The second-order valence-electron chi connectivity index (χ2n) is 8.33. The van der Waals surface area contributed by atoms with Gasteiger partial charge in [0.25, 0.3) is 11.7 Å². The fraction of sp³-hybridized carbons (Fsp3) is 0.269. The number of Topliss-reactive ketones (excluding diaryl/α,β-unsaturated/α-hetero) is 1. The molecule has 0 spiro atoms. The summed E-state index contributed by atoms with van der Waals surface area (Å²) in [6.07, 6.45) is 6.17.